The number of amides is 2. The van der Waals surface area contributed by atoms with E-state index < -0.39 is 6.09 Å². The lowest BCUT2D eigenvalue weighted by molar-refractivity contribution is -0.129. The molecule has 2 heterocycles. The summed E-state index contributed by atoms with van der Waals surface area (Å²) in [7, 11) is 0. The van der Waals surface area contributed by atoms with Gasteiger partial charge >= 0.3 is 6.09 Å². The molecule has 1 aromatic carbocycles. The first-order valence-electron chi connectivity index (χ1n) is 12.5. The van der Waals surface area contributed by atoms with Gasteiger partial charge in [0.2, 0.25) is 5.91 Å². The molecular formula is C27H34N2O4. The molecule has 6 heteroatoms. The van der Waals surface area contributed by atoms with Crippen LogP contribution in [-0.4, -0.2) is 34.7 Å². The van der Waals surface area contributed by atoms with Crippen molar-refractivity contribution in [1.82, 2.24) is 10.1 Å². The molecule has 5 rings (SSSR count). The van der Waals surface area contributed by atoms with Crippen LogP contribution in [0.25, 0.3) is 0 Å². The molecule has 0 radical (unpaired) electrons. The van der Waals surface area contributed by atoms with Crippen molar-refractivity contribution in [3.63, 3.8) is 0 Å². The number of benzene rings is 1. The van der Waals surface area contributed by atoms with Gasteiger partial charge in [-0.05, 0) is 61.8 Å². The van der Waals surface area contributed by atoms with Gasteiger partial charge in [0.15, 0.2) is 0 Å². The molecule has 1 aromatic heterocycles. The van der Waals surface area contributed by atoms with Crippen molar-refractivity contribution in [2.45, 2.75) is 83.1 Å². The van der Waals surface area contributed by atoms with Gasteiger partial charge in [0.25, 0.3) is 0 Å². The lowest BCUT2D eigenvalue weighted by atomic mass is 9.69. The highest BCUT2D eigenvalue weighted by molar-refractivity contribution is 5.93. The van der Waals surface area contributed by atoms with Crippen LogP contribution in [0.15, 0.2) is 34.9 Å². The maximum absolute atomic E-state index is 13.0. The molecule has 2 aliphatic carbocycles. The van der Waals surface area contributed by atoms with Crippen LogP contribution in [0.3, 0.4) is 0 Å². The molecule has 6 nitrogen and oxygen atoms in total. The monoisotopic (exact) mass is 450 g/mol. The van der Waals surface area contributed by atoms with Gasteiger partial charge in [-0.3, -0.25) is 4.79 Å². The quantitative estimate of drug-likeness (QED) is 0.496. The number of nitrogens with zero attached hydrogens (tertiary/aromatic N) is 2. The summed E-state index contributed by atoms with van der Waals surface area (Å²) in [4.78, 5) is 26.7. The lowest BCUT2D eigenvalue weighted by Gasteiger charge is -2.35. The van der Waals surface area contributed by atoms with Crippen molar-refractivity contribution >= 4 is 12.0 Å². The summed E-state index contributed by atoms with van der Waals surface area (Å²) in [5, 5.41) is 4.41. The minimum atomic E-state index is -0.533. The molecule has 33 heavy (non-hydrogen) atoms. The van der Waals surface area contributed by atoms with E-state index in [4.69, 9.17) is 9.26 Å². The normalized spacial score (nSPS) is 24.8. The topological polar surface area (TPSA) is 72.6 Å². The highest BCUT2D eigenvalue weighted by Crippen LogP contribution is 2.51. The number of carbonyl (C=O) groups is 2. The SMILES string of the molecule is CC(C)CC1CC(c2onc(CCC(=O)N3C(=O)OC[C@@H]3Cc3ccccc3)c2C2CC2)C1. The Balaban J connectivity index is 1.22. The van der Waals surface area contributed by atoms with Crippen molar-refractivity contribution in [2.24, 2.45) is 11.8 Å². The summed E-state index contributed by atoms with van der Waals surface area (Å²) in [6, 6.07) is 9.66. The average molecular weight is 451 g/mol. The molecule has 3 aliphatic rings. The summed E-state index contributed by atoms with van der Waals surface area (Å²) in [5.74, 6) is 3.42. The second kappa shape index (κ2) is 9.32. The van der Waals surface area contributed by atoms with Crippen molar-refractivity contribution in [2.75, 3.05) is 6.61 Å². The molecule has 3 fully saturated rings. The van der Waals surface area contributed by atoms with Crippen LogP contribution in [0.5, 0.6) is 0 Å². The molecule has 2 amide bonds. The number of imide groups is 1. The molecule has 0 unspecified atom stereocenters. The molecule has 0 bridgehead atoms. The Bertz CT molecular complexity index is 989. The summed E-state index contributed by atoms with van der Waals surface area (Å²) < 4.78 is 11.1. The third-order valence-electron chi connectivity index (χ3n) is 7.35. The van der Waals surface area contributed by atoms with Crippen molar-refractivity contribution < 1.29 is 18.8 Å². The standard InChI is InChI=1S/C27H34N2O4/c1-17(2)12-19-13-21(14-19)26-25(20-8-9-20)23(28-33-26)10-11-24(30)29-22(16-32-27(29)31)15-18-6-4-3-5-7-18/h3-7,17,19-22H,8-16H2,1-2H3/t19?,21?,22-/m0/s1. The van der Waals surface area contributed by atoms with Crippen LogP contribution in [-0.2, 0) is 22.4 Å². The summed E-state index contributed by atoms with van der Waals surface area (Å²) in [6.45, 7) is 4.82. The highest BCUT2D eigenvalue weighted by atomic mass is 16.6. The fourth-order valence-electron chi connectivity index (χ4n) is 5.59. The molecule has 1 aliphatic heterocycles. The van der Waals surface area contributed by atoms with Gasteiger partial charge in [-0.25, -0.2) is 9.69 Å². The second-order valence-electron chi connectivity index (χ2n) is 10.5. The van der Waals surface area contributed by atoms with E-state index in [1.807, 2.05) is 30.3 Å². The molecular weight excluding hydrogens is 416 g/mol. The number of hydrogen-bond donors (Lipinski definition) is 0. The number of aryl methyl sites for hydroxylation is 1. The van der Waals surface area contributed by atoms with E-state index >= 15 is 0 Å². The Labute approximate surface area is 195 Å². The zero-order valence-corrected chi connectivity index (χ0v) is 19.7. The second-order valence-corrected chi connectivity index (χ2v) is 10.5. The smallest absolute Gasteiger partial charge is 0.416 e. The third kappa shape index (κ3) is 4.85. The Morgan fingerprint density at radius 3 is 2.61 bits per heavy atom. The van der Waals surface area contributed by atoms with Gasteiger partial charge in [0, 0.05) is 24.3 Å². The number of hydrogen-bond acceptors (Lipinski definition) is 5. The zero-order chi connectivity index (χ0) is 22.9. The van der Waals surface area contributed by atoms with E-state index in [0.29, 0.717) is 24.7 Å². The van der Waals surface area contributed by atoms with Crippen molar-refractivity contribution in [3.05, 3.63) is 52.9 Å². The van der Waals surface area contributed by atoms with Gasteiger partial charge in [-0.1, -0.05) is 49.3 Å². The van der Waals surface area contributed by atoms with Crippen molar-refractivity contribution in [1.29, 1.82) is 0 Å². The molecule has 2 saturated carbocycles. The molecule has 0 spiro atoms. The van der Waals surface area contributed by atoms with Gasteiger partial charge < -0.3 is 9.26 Å². The molecule has 1 saturated heterocycles. The predicted octanol–water partition coefficient (Wildman–Crippen LogP) is 5.61. The summed E-state index contributed by atoms with van der Waals surface area (Å²) >= 11 is 0. The summed E-state index contributed by atoms with van der Waals surface area (Å²) in [6.07, 6.45) is 6.84. The summed E-state index contributed by atoms with van der Waals surface area (Å²) in [5.41, 5.74) is 3.27. The van der Waals surface area contributed by atoms with Gasteiger partial charge in [0.05, 0.1) is 11.7 Å². The van der Waals surface area contributed by atoms with Crippen LogP contribution in [0.4, 0.5) is 4.79 Å². The van der Waals surface area contributed by atoms with E-state index in [9.17, 15) is 9.59 Å². The number of cyclic esters (lactones) is 1. The first-order valence-corrected chi connectivity index (χ1v) is 12.5. The fourth-order valence-corrected chi connectivity index (χ4v) is 5.59. The lowest BCUT2D eigenvalue weighted by Crippen LogP contribution is -2.40. The van der Waals surface area contributed by atoms with Crippen LogP contribution >= 0.6 is 0 Å². The van der Waals surface area contributed by atoms with E-state index in [0.717, 1.165) is 28.9 Å². The first-order chi connectivity index (χ1) is 16.0. The van der Waals surface area contributed by atoms with E-state index in [1.165, 1.54) is 42.6 Å². The van der Waals surface area contributed by atoms with E-state index in [1.54, 1.807) is 0 Å². The van der Waals surface area contributed by atoms with Crippen LogP contribution < -0.4 is 0 Å². The van der Waals surface area contributed by atoms with E-state index in [-0.39, 0.29) is 25.0 Å². The maximum atomic E-state index is 13.0. The average Bonchev–Trinajstić information content (AvgIpc) is 3.42. The Morgan fingerprint density at radius 2 is 1.91 bits per heavy atom. The van der Waals surface area contributed by atoms with Crippen LogP contribution in [0, 0.1) is 11.8 Å². The fraction of sp³-hybridized carbons (Fsp3) is 0.593. The number of aromatic nitrogens is 1. The molecule has 176 valence electrons. The number of rotatable bonds is 9. The minimum absolute atomic E-state index is 0.189. The highest BCUT2D eigenvalue weighted by Gasteiger charge is 2.41. The van der Waals surface area contributed by atoms with Gasteiger partial charge in [0.1, 0.15) is 12.4 Å². The third-order valence-corrected chi connectivity index (χ3v) is 7.35. The largest absolute Gasteiger partial charge is 0.447 e. The van der Waals surface area contributed by atoms with E-state index in [2.05, 4.69) is 19.0 Å². The minimum Gasteiger partial charge on any atom is -0.447 e. The number of ether oxygens (including phenoxy) is 1. The van der Waals surface area contributed by atoms with Gasteiger partial charge in [-0.2, -0.15) is 0 Å². The van der Waals surface area contributed by atoms with Crippen molar-refractivity contribution in [3.8, 4) is 0 Å². The van der Waals surface area contributed by atoms with Gasteiger partial charge in [-0.15, -0.1) is 0 Å². The molecule has 2 aromatic rings. The first kappa shape index (κ1) is 22.2. The Morgan fingerprint density at radius 1 is 1.15 bits per heavy atom. The Kier molecular flexibility index (Phi) is 6.26. The zero-order valence-electron chi connectivity index (χ0n) is 19.7. The maximum Gasteiger partial charge on any atom is 0.416 e. The molecule has 0 N–H and O–H groups in total. The predicted molar refractivity (Wildman–Crippen MR) is 124 cm³/mol. The Hall–Kier alpha value is -2.63. The van der Waals surface area contributed by atoms with Crippen LogP contribution in [0.2, 0.25) is 0 Å². The van der Waals surface area contributed by atoms with Crippen LogP contribution in [0.1, 0.15) is 86.8 Å². The molecule has 1 atom stereocenters. The number of carbonyl (C=O) groups excluding carboxylic acids is 2.